The molecule has 204 valence electrons. The Balaban J connectivity index is 1.19. The van der Waals surface area contributed by atoms with Crippen LogP contribution in [0.4, 0.5) is 0 Å². The number of rotatable bonds is 5. The quantitative estimate of drug-likeness (QED) is 0.559. The van der Waals surface area contributed by atoms with Crippen molar-refractivity contribution in [2.75, 3.05) is 13.7 Å². The molecule has 8 heteroatoms. The van der Waals surface area contributed by atoms with Crippen LogP contribution in [-0.4, -0.2) is 65.5 Å². The minimum Gasteiger partial charge on any atom is -0.467 e. The number of hydrogen-bond donors (Lipinski definition) is 1. The smallest absolute Gasteiger partial charge is 0.328 e. The topological polar surface area (TPSA) is 110 Å². The zero-order valence-corrected chi connectivity index (χ0v) is 22.4. The molecular weight excluding hydrogens is 474 g/mol. The minimum atomic E-state index is -0.803. The van der Waals surface area contributed by atoms with E-state index < -0.39 is 18.1 Å². The first-order chi connectivity index (χ1) is 17.6. The second kappa shape index (κ2) is 9.83. The van der Waals surface area contributed by atoms with Gasteiger partial charge in [0, 0.05) is 31.2 Å². The molecule has 4 aliphatic carbocycles. The summed E-state index contributed by atoms with van der Waals surface area (Å²) in [5.41, 5.74) is 1.43. The largest absolute Gasteiger partial charge is 0.467 e. The summed E-state index contributed by atoms with van der Waals surface area (Å²) in [6.07, 6.45) is 8.81. The first kappa shape index (κ1) is 26.4. The number of carbonyl (C=O) groups excluding carboxylic acids is 4. The highest BCUT2D eigenvalue weighted by molar-refractivity contribution is 5.91. The lowest BCUT2D eigenvalue weighted by Gasteiger charge is -2.57. The van der Waals surface area contributed by atoms with Crippen LogP contribution in [0.5, 0.6) is 0 Å². The van der Waals surface area contributed by atoms with Gasteiger partial charge in [0.2, 0.25) is 5.91 Å². The van der Waals surface area contributed by atoms with Crippen LogP contribution < -0.4 is 0 Å². The molecule has 1 aliphatic heterocycles. The summed E-state index contributed by atoms with van der Waals surface area (Å²) < 4.78 is 10.8. The molecule has 5 aliphatic rings. The Labute approximate surface area is 219 Å². The van der Waals surface area contributed by atoms with E-state index in [-0.39, 0.29) is 60.4 Å². The van der Waals surface area contributed by atoms with Crippen molar-refractivity contribution >= 4 is 23.6 Å². The minimum absolute atomic E-state index is 0.0388. The van der Waals surface area contributed by atoms with Crippen molar-refractivity contribution in [3.8, 4) is 0 Å². The zero-order valence-electron chi connectivity index (χ0n) is 22.4. The maximum atomic E-state index is 12.8. The van der Waals surface area contributed by atoms with Crippen LogP contribution in [0.15, 0.2) is 11.6 Å². The molecule has 37 heavy (non-hydrogen) atoms. The summed E-state index contributed by atoms with van der Waals surface area (Å²) in [4.78, 5) is 51.0. The Morgan fingerprint density at radius 1 is 1.05 bits per heavy atom. The number of amides is 1. The average Bonchev–Trinajstić information content (AvgIpc) is 3.42. The number of fused-ring (bicyclic) bond motifs is 5. The number of aliphatic hydroxyl groups excluding tert-OH is 1. The summed E-state index contributed by atoms with van der Waals surface area (Å²) >= 11 is 0. The summed E-state index contributed by atoms with van der Waals surface area (Å²) in [7, 11) is 1.26. The summed E-state index contributed by atoms with van der Waals surface area (Å²) in [5, 5.41) is 9.93. The van der Waals surface area contributed by atoms with Gasteiger partial charge in [-0.15, -0.1) is 0 Å². The molecule has 4 fully saturated rings. The van der Waals surface area contributed by atoms with E-state index in [1.807, 2.05) is 6.08 Å². The van der Waals surface area contributed by atoms with E-state index in [0.29, 0.717) is 24.2 Å². The lowest BCUT2D eigenvalue weighted by atomic mass is 9.47. The normalized spacial score (nSPS) is 40.8. The molecule has 0 radical (unpaired) electrons. The van der Waals surface area contributed by atoms with Gasteiger partial charge in [-0.2, -0.15) is 0 Å². The van der Waals surface area contributed by atoms with E-state index in [1.54, 1.807) is 0 Å². The Kier molecular flexibility index (Phi) is 7.01. The second-order valence-electron chi connectivity index (χ2n) is 12.5. The highest BCUT2D eigenvalue weighted by Gasteiger charge is 2.60. The monoisotopic (exact) mass is 515 g/mol. The number of ketones is 1. The SMILES string of the molecule is COC(=O)[C@@H]1C[C@H](O)CN1C(=O)CCC(=O)O[C@@H]1CC[C@H]2[C@@H]3CCC4=CC(=O)CC[C@]4(C)[C@H]3CC[C@]12C. The van der Waals surface area contributed by atoms with Gasteiger partial charge in [-0.05, 0) is 74.2 Å². The molecule has 1 saturated heterocycles. The zero-order chi connectivity index (χ0) is 26.5. The van der Waals surface area contributed by atoms with Crippen molar-refractivity contribution in [2.45, 2.75) is 103 Å². The molecule has 0 unspecified atom stereocenters. The van der Waals surface area contributed by atoms with Crippen LogP contribution in [0.25, 0.3) is 0 Å². The van der Waals surface area contributed by atoms with Gasteiger partial charge in [0.25, 0.3) is 0 Å². The molecule has 0 aromatic heterocycles. The van der Waals surface area contributed by atoms with E-state index in [0.717, 1.165) is 44.9 Å². The van der Waals surface area contributed by atoms with Crippen molar-refractivity contribution in [2.24, 2.45) is 28.6 Å². The van der Waals surface area contributed by atoms with Crippen LogP contribution in [0.2, 0.25) is 0 Å². The molecular formula is C29H41NO7. The number of carbonyl (C=O) groups is 4. The van der Waals surface area contributed by atoms with Crippen LogP contribution in [0.3, 0.4) is 0 Å². The number of hydrogen-bond acceptors (Lipinski definition) is 7. The third-order valence-electron chi connectivity index (χ3n) is 10.8. The number of esters is 2. The number of likely N-dealkylation sites (tertiary alicyclic amines) is 1. The molecule has 8 atom stereocenters. The number of nitrogens with zero attached hydrogens (tertiary/aromatic N) is 1. The van der Waals surface area contributed by atoms with Crippen molar-refractivity contribution in [1.82, 2.24) is 4.90 Å². The van der Waals surface area contributed by atoms with Gasteiger partial charge < -0.3 is 19.5 Å². The molecule has 0 spiro atoms. The number of aliphatic hydroxyl groups is 1. The Morgan fingerprint density at radius 3 is 2.59 bits per heavy atom. The van der Waals surface area contributed by atoms with Gasteiger partial charge in [0.15, 0.2) is 5.78 Å². The molecule has 1 amide bonds. The standard InChI is InChI=1S/C29H41NO7/c1-28-12-10-18(31)14-17(28)4-5-20-21-6-7-24(29(21,2)13-11-22(20)28)37-26(34)9-8-25(33)30-16-19(32)15-23(30)27(35)36-3/h14,19-24,32H,4-13,15-16H2,1-3H3/t19-,20-,21-,22-,23-,24+,28-,29-/m0/s1. The predicted molar refractivity (Wildman–Crippen MR) is 134 cm³/mol. The lowest BCUT2D eigenvalue weighted by molar-refractivity contribution is -0.161. The summed E-state index contributed by atoms with van der Waals surface area (Å²) in [6.45, 7) is 4.73. The maximum absolute atomic E-state index is 12.8. The second-order valence-corrected chi connectivity index (χ2v) is 12.5. The van der Waals surface area contributed by atoms with E-state index in [9.17, 15) is 24.3 Å². The molecule has 8 nitrogen and oxygen atoms in total. The van der Waals surface area contributed by atoms with Crippen LogP contribution >= 0.6 is 0 Å². The van der Waals surface area contributed by atoms with Gasteiger partial charge in [-0.25, -0.2) is 4.79 Å². The number of β-amino-alcohol motifs (C(OH)–C–C–N with tert-alkyl or cyclic N) is 1. The van der Waals surface area contributed by atoms with Gasteiger partial charge in [0.05, 0.1) is 19.6 Å². The Hall–Kier alpha value is -2.22. The maximum Gasteiger partial charge on any atom is 0.328 e. The van der Waals surface area contributed by atoms with Crippen LogP contribution in [0, 0.1) is 28.6 Å². The molecule has 0 aromatic rings. The highest BCUT2D eigenvalue weighted by atomic mass is 16.5. The first-order valence-electron chi connectivity index (χ1n) is 14.1. The molecule has 0 bridgehead atoms. The molecule has 3 saturated carbocycles. The van der Waals surface area contributed by atoms with Gasteiger partial charge in [-0.3, -0.25) is 14.4 Å². The predicted octanol–water partition coefficient (Wildman–Crippen LogP) is 3.35. The third kappa shape index (κ3) is 4.53. The Morgan fingerprint density at radius 2 is 1.84 bits per heavy atom. The fourth-order valence-electron chi connectivity index (χ4n) is 8.72. The number of methoxy groups -OCH3 is 1. The molecule has 1 N–H and O–H groups in total. The van der Waals surface area contributed by atoms with Gasteiger partial charge in [-0.1, -0.05) is 19.4 Å². The summed E-state index contributed by atoms with van der Waals surface area (Å²) in [6, 6.07) is -0.803. The third-order valence-corrected chi connectivity index (χ3v) is 10.8. The summed E-state index contributed by atoms with van der Waals surface area (Å²) in [5.74, 6) is 0.703. The van der Waals surface area contributed by atoms with Crippen molar-refractivity contribution in [3.63, 3.8) is 0 Å². The van der Waals surface area contributed by atoms with Crippen LogP contribution in [0.1, 0.15) is 84.5 Å². The van der Waals surface area contributed by atoms with E-state index in [1.165, 1.54) is 17.6 Å². The van der Waals surface area contributed by atoms with Gasteiger partial charge in [0.1, 0.15) is 12.1 Å². The number of allylic oxidation sites excluding steroid dienone is 1. The fourth-order valence-corrected chi connectivity index (χ4v) is 8.72. The van der Waals surface area contributed by atoms with Crippen molar-refractivity contribution in [1.29, 1.82) is 0 Å². The highest BCUT2D eigenvalue weighted by Crippen LogP contribution is 2.65. The van der Waals surface area contributed by atoms with E-state index in [4.69, 9.17) is 9.47 Å². The Bertz CT molecular complexity index is 1010. The molecule has 5 rings (SSSR count). The molecule has 0 aromatic carbocycles. The van der Waals surface area contributed by atoms with E-state index in [2.05, 4.69) is 13.8 Å². The first-order valence-corrected chi connectivity index (χ1v) is 14.1. The lowest BCUT2D eigenvalue weighted by Crippen LogP contribution is -2.51. The number of ether oxygens (including phenoxy) is 2. The average molecular weight is 516 g/mol. The van der Waals surface area contributed by atoms with Crippen molar-refractivity contribution < 1.29 is 33.8 Å². The van der Waals surface area contributed by atoms with Crippen molar-refractivity contribution in [3.05, 3.63) is 11.6 Å². The van der Waals surface area contributed by atoms with E-state index >= 15 is 0 Å². The van der Waals surface area contributed by atoms with Gasteiger partial charge >= 0.3 is 11.9 Å². The fraction of sp³-hybridized carbons (Fsp3) is 0.793. The molecule has 1 heterocycles. The van der Waals surface area contributed by atoms with Crippen LogP contribution in [-0.2, 0) is 28.7 Å².